The van der Waals surface area contributed by atoms with E-state index in [1.54, 1.807) is 0 Å². The predicted octanol–water partition coefficient (Wildman–Crippen LogP) is 3.32. The summed E-state index contributed by atoms with van der Waals surface area (Å²) in [5.41, 5.74) is -4.66. The van der Waals surface area contributed by atoms with Gasteiger partial charge < -0.3 is 5.32 Å². The van der Waals surface area contributed by atoms with Gasteiger partial charge in [-0.3, -0.25) is 4.79 Å². The number of carbonyl (C=O) groups excluding carboxylic acids is 1. The maximum absolute atomic E-state index is 12.8. The first-order chi connectivity index (χ1) is 11.6. The Morgan fingerprint density at radius 2 is 1.62 bits per heavy atom. The van der Waals surface area contributed by atoms with Crippen LogP contribution < -0.4 is 5.32 Å². The van der Waals surface area contributed by atoms with Gasteiger partial charge in [-0.05, 0) is 37.5 Å². The number of hydrogen-bond donors (Lipinski definition) is 1. The van der Waals surface area contributed by atoms with Gasteiger partial charge in [0.15, 0.2) is 9.84 Å². The maximum atomic E-state index is 12.8. The summed E-state index contributed by atoms with van der Waals surface area (Å²) in [5, 5.41) is 2.36. The second kappa shape index (κ2) is 5.14. The number of nitrogens with one attached hydrogen (secondary N) is 1. The Morgan fingerprint density at radius 3 is 2.04 bits per heavy atom. The minimum Gasteiger partial charge on any atom is -0.346 e. The summed E-state index contributed by atoms with van der Waals surface area (Å²) >= 11 is 0. The van der Waals surface area contributed by atoms with Crippen LogP contribution >= 0.6 is 0 Å². The first kappa shape index (κ1) is 19.0. The average molecular weight is 401 g/mol. The molecular formula is C15H13F6NO3S. The van der Waals surface area contributed by atoms with Gasteiger partial charge in [0.2, 0.25) is 0 Å². The standard InChI is InChI=1S/C15H13F6NO3S/c1-26(24,25)10-4-8(14(16,17)18)2-3-9(10)11(23)22-13-5-12(6-13,7-13)15(19,20)21/h2-4H,5-7H2,1H3,(H,22,23). The zero-order chi connectivity index (χ0) is 19.8. The van der Waals surface area contributed by atoms with Gasteiger partial charge in [0.1, 0.15) is 0 Å². The summed E-state index contributed by atoms with van der Waals surface area (Å²) in [6.45, 7) is 0. The molecule has 0 atom stereocenters. The fourth-order valence-electron chi connectivity index (χ4n) is 3.72. The van der Waals surface area contributed by atoms with E-state index >= 15 is 0 Å². The molecule has 1 N–H and O–H groups in total. The van der Waals surface area contributed by atoms with Gasteiger partial charge in [-0.15, -0.1) is 0 Å². The van der Waals surface area contributed by atoms with Crippen molar-refractivity contribution >= 4 is 15.7 Å². The normalized spacial score (nSPS) is 28.1. The number of halogens is 6. The summed E-state index contributed by atoms with van der Waals surface area (Å²) in [6, 6.07) is 1.63. The lowest BCUT2D eigenvalue weighted by atomic mass is 9.39. The molecule has 3 saturated carbocycles. The number of alkyl halides is 6. The quantitative estimate of drug-likeness (QED) is 0.791. The van der Waals surface area contributed by atoms with Gasteiger partial charge in [0.25, 0.3) is 5.91 Å². The molecule has 3 fully saturated rings. The Balaban J connectivity index is 1.85. The highest BCUT2D eigenvalue weighted by molar-refractivity contribution is 7.90. The molecular weight excluding hydrogens is 388 g/mol. The molecule has 0 heterocycles. The van der Waals surface area contributed by atoms with Crippen LogP contribution in [0.2, 0.25) is 0 Å². The fraction of sp³-hybridized carbons (Fsp3) is 0.533. The second-order valence-electron chi connectivity index (χ2n) is 7.02. The van der Waals surface area contributed by atoms with E-state index in [1.165, 1.54) is 0 Å². The maximum Gasteiger partial charge on any atom is 0.416 e. The van der Waals surface area contributed by atoms with Crippen LogP contribution in [0, 0.1) is 5.41 Å². The van der Waals surface area contributed by atoms with Gasteiger partial charge in [-0.25, -0.2) is 8.42 Å². The minimum atomic E-state index is -4.80. The number of hydrogen-bond acceptors (Lipinski definition) is 3. The van der Waals surface area contributed by atoms with Crippen LogP contribution in [0.4, 0.5) is 26.3 Å². The van der Waals surface area contributed by atoms with Gasteiger partial charge >= 0.3 is 12.4 Å². The smallest absolute Gasteiger partial charge is 0.346 e. The number of carbonyl (C=O) groups is 1. The van der Waals surface area contributed by atoms with E-state index in [9.17, 15) is 39.6 Å². The molecule has 0 radical (unpaired) electrons. The third-order valence-electron chi connectivity index (χ3n) is 4.96. The van der Waals surface area contributed by atoms with Gasteiger partial charge in [0.05, 0.1) is 21.4 Å². The van der Waals surface area contributed by atoms with Crippen molar-refractivity contribution < 1.29 is 39.6 Å². The number of rotatable bonds is 3. The summed E-state index contributed by atoms with van der Waals surface area (Å²) in [6.07, 6.45) is -9.48. The first-order valence-corrected chi connectivity index (χ1v) is 9.28. The van der Waals surface area contributed by atoms with E-state index in [1.807, 2.05) is 0 Å². The molecule has 1 aromatic rings. The number of amides is 1. The van der Waals surface area contributed by atoms with Gasteiger partial charge in [-0.2, -0.15) is 26.3 Å². The van der Waals surface area contributed by atoms with Crippen molar-refractivity contribution in [2.24, 2.45) is 5.41 Å². The summed E-state index contributed by atoms with van der Waals surface area (Å²) in [5.74, 6) is -1.00. The average Bonchev–Trinajstić information content (AvgIpc) is 2.36. The van der Waals surface area contributed by atoms with Crippen molar-refractivity contribution in [2.45, 2.75) is 42.0 Å². The molecule has 1 aromatic carbocycles. The Kier molecular flexibility index (Phi) is 3.76. The molecule has 4 rings (SSSR count). The van der Waals surface area contributed by atoms with E-state index in [-0.39, 0.29) is 19.3 Å². The van der Waals surface area contributed by atoms with Gasteiger partial charge in [-0.1, -0.05) is 0 Å². The zero-order valence-corrected chi connectivity index (χ0v) is 14.1. The Labute approximate surface area is 144 Å². The van der Waals surface area contributed by atoms with Crippen molar-refractivity contribution in [3.8, 4) is 0 Å². The van der Waals surface area contributed by atoms with Crippen molar-refractivity contribution in [2.75, 3.05) is 6.26 Å². The monoisotopic (exact) mass is 401 g/mol. The highest BCUT2D eigenvalue weighted by Crippen LogP contribution is 2.73. The Hall–Kier alpha value is -1.78. The molecule has 0 spiro atoms. The van der Waals surface area contributed by atoms with Crippen LogP contribution in [0.15, 0.2) is 23.1 Å². The molecule has 1 amide bonds. The van der Waals surface area contributed by atoms with Crippen LogP contribution in [-0.4, -0.2) is 32.3 Å². The third kappa shape index (κ3) is 2.85. The first-order valence-electron chi connectivity index (χ1n) is 7.39. The number of sulfone groups is 1. The van der Waals surface area contributed by atoms with Crippen LogP contribution in [-0.2, 0) is 16.0 Å². The Bertz CT molecular complexity index is 868. The van der Waals surface area contributed by atoms with E-state index in [0.717, 1.165) is 6.07 Å². The highest BCUT2D eigenvalue weighted by atomic mass is 32.2. The predicted molar refractivity (Wildman–Crippen MR) is 77.1 cm³/mol. The summed E-state index contributed by atoms with van der Waals surface area (Å²) < 4.78 is 100. The molecule has 3 aliphatic carbocycles. The third-order valence-corrected chi connectivity index (χ3v) is 6.10. The van der Waals surface area contributed by atoms with E-state index in [4.69, 9.17) is 0 Å². The molecule has 0 unspecified atom stereocenters. The molecule has 4 nitrogen and oxygen atoms in total. The van der Waals surface area contributed by atoms with Crippen LogP contribution in [0.3, 0.4) is 0 Å². The lowest BCUT2D eigenvalue weighted by Crippen LogP contribution is -2.78. The molecule has 0 aromatic heterocycles. The SMILES string of the molecule is CS(=O)(=O)c1cc(C(F)(F)F)ccc1C(=O)NC12CC(C(F)(F)F)(C1)C2. The Morgan fingerprint density at radius 1 is 1.08 bits per heavy atom. The highest BCUT2D eigenvalue weighted by Gasteiger charge is 2.79. The lowest BCUT2D eigenvalue weighted by Gasteiger charge is -2.70. The van der Waals surface area contributed by atoms with Crippen molar-refractivity contribution in [3.05, 3.63) is 29.3 Å². The van der Waals surface area contributed by atoms with Crippen molar-refractivity contribution in [3.63, 3.8) is 0 Å². The topological polar surface area (TPSA) is 63.2 Å². The van der Waals surface area contributed by atoms with Crippen LogP contribution in [0.25, 0.3) is 0 Å². The zero-order valence-electron chi connectivity index (χ0n) is 13.3. The fourth-order valence-corrected chi connectivity index (χ4v) is 4.62. The summed E-state index contributed by atoms with van der Waals surface area (Å²) in [7, 11) is -4.17. The lowest BCUT2D eigenvalue weighted by molar-refractivity contribution is -0.336. The largest absolute Gasteiger partial charge is 0.416 e. The molecule has 0 saturated heterocycles. The molecule has 144 valence electrons. The van der Waals surface area contributed by atoms with E-state index in [2.05, 4.69) is 5.32 Å². The molecule has 2 bridgehead atoms. The minimum absolute atomic E-state index is 0.315. The van der Waals surface area contributed by atoms with Gasteiger partial charge in [0, 0.05) is 11.8 Å². The van der Waals surface area contributed by atoms with E-state index < -0.39 is 55.1 Å². The molecule has 26 heavy (non-hydrogen) atoms. The van der Waals surface area contributed by atoms with E-state index in [0.29, 0.717) is 18.4 Å². The number of benzene rings is 1. The van der Waals surface area contributed by atoms with Crippen LogP contribution in [0.1, 0.15) is 35.2 Å². The van der Waals surface area contributed by atoms with Crippen LogP contribution in [0.5, 0.6) is 0 Å². The second-order valence-corrected chi connectivity index (χ2v) is 9.01. The summed E-state index contributed by atoms with van der Waals surface area (Å²) in [4.78, 5) is 11.5. The molecule has 11 heteroatoms. The van der Waals surface area contributed by atoms with Crippen molar-refractivity contribution in [1.29, 1.82) is 0 Å². The molecule has 0 aliphatic heterocycles. The van der Waals surface area contributed by atoms with Crippen molar-refractivity contribution in [1.82, 2.24) is 5.32 Å². The molecule has 3 aliphatic rings.